The number of halogens is 1. The Kier molecular flexibility index (Phi) is 10.6. The number of alkyl halides is 1. The molecule has 0 aliphatic heterocycles. The number of fused-ring (bicyclic) bond motifs is 1. The lowest BCUT2D eigenvalue weighted by Gasteiger charge is -2.18. The SMILES string of the molecule is CCCCC(CC)COc1ccc(OCCCCC(Cl)CC)c2ccccc12. The van der Waals surface area contributed by atoms with E-state index in [1.807, 2.05) is 0 Å². The Hall–Kier alpha value is -1.41. The van der Waals surface area contributed by atoms with E-state index in [0.29, 0.717) is 11.3 Å². The summed E-state index contributed by atoms with van der Waals surface area (Å²) in [5.41, 5.74) is 0. The van der Waals surface area contributed by atoms with Crippen LogP contribution in [0.4, 0.5) is 0 Å². The lowest BCUT2D eigenvalue weighted by Crippen LogP contribution is -2.11. The highest BCUT2D eigenvalue weighted by Crippen LogP contribution is 2.33. The molecule has 28 heavy (non-hydrogen) atoms. The molecule has 2 aromatic rings. The Morgan fingerprint density at radius 3 is 2.07 bits per heavy atom. The third kappa shape index (κ3) is 7.20. The van der Waals surface area contributed by atoms with Crippen LogP contribution >= 0.6 is 11.6 Å². The van der Waals surface area contributed by atoms with Crippen molar-refractivity contribution in [3.05, 3.63) is 36.4 Å². The molecular formula is C25H37ClO2. The van der Waals surface area contributed by atoms with Gasteiger partial charge in [-0.15, -0.1) is 11.6 Å². The van der Waals surface area contributed by atoms with Crippen LogP contribution in [0.1, 0.15) is 72.1 Å². The number of unbranched alkanes of at least 4 members (excludes halogenated alkanes) is 2. The summed E-state index contributed by atoms with van der Waals surface area (Å²) in [6.07, 6.45) is 9.17. The van der Waals surface area contributed by atoms with Gasteiger partial charge in [-0.2, -0.15) is 0 Å². The zero-order valence-corrected chi connectivity index (χ0v) is 18.6. The molecule has 0 amide bonds. The maximum absolute atomic E-state index is 6.24. The van der Waals surface area contributed by atoms with E-state index >= 15 is 0 Å². The molecule has 0 aromatic heterocycles. The minimum atomic E-state index is 0.293. The number of benzene rings is 2. The molecule has 2 aromatic carbocycles. The summed E-state index contributed by atoms with van der Waals surface area (Å²) in [4.78, 5) is 0. The molecule has 0 bridgehead atoms. The van der Waals surface area contributed by atoms with E-state index in [1.165, 1.54) is 25.7 Å². The topological polar surface area (TPSA) is 18.5 Å². The van der Waals surface area contributed by atoms with Gasteiger partial charge in [-0.05, 0) is 50.2 Å². The predicted molar refractivity (Wildman–Crippen MR) is 122 cm³/mol. The minimum Gasteiger partial charge on any atom is -0.493 e. The molecule has 0 heterocycles. The summed E-state index contributed by atoms with van der Waals surface area (Å²) in [6, 6.07) is 12.5. The molecule has 2 nitrogen and oxygen atoms in total. The highest BCUT2D eigenvalue weighted by molar-refractivity contribution is 6.20. The van der Waals surface area contributed by atoms with Crippen molar-refractivity contribution in [3.8, 4) is 11.5 Å². The Morgan fingerprint density at radius 1 is 0.786 bits per heavy atom. The van der Waals surface area contributed by atoms with Crippen molar-refractivity contribution in [2.75, 3.05) is 13.2 Å². The van der Waals surface area contributed by atoms with Crippen molar-refractivity contribution in [1.29, 1.82) is 0 Å². The fourth-order valence-corrected chi connectivity index (χ4v) is 3.61. The van der Waals surface area contributed by atoms with Gasteiger partial charge in [-0.25, -0.2) is 0 Å². The van der Waals surface area contributed by atoms with Crippen molar-refractivity contribution < 1.29 is 9.47 Å². The third-order valence-electron chi connectivity index (χ3n) is 5.47. The Bertz CT molecular complexity index is 685. The number of ether oxygens (including phenoxy) is 2. The molecule has 3 heteroatoms. The van der Waals surface area contributed by atoms with Crippen LogP contribution < -0.4 is 9.47 Å². The maximum atomic E-state index is 6.24. The van der Waals surface area contributed by atoms with Crippen LogP contribution in [0.2, 0.25) is 0 Å². The van der Waals surface area contributed by atoms with Crippen molar-refractivity contribution in [2.24, 2.45) is 5.92 Å². The van der Waals surface area contributed by atoms with Crippen molar-refractivity contribution in [1.82, 2.24) is 0 Å². The van der Waals surface area contributed by atoms with E-state index in [4.69, 9.17) is 21.1 Å². The molecule has 0 radical (unpaired) electrons. The van der Waals surface area contributed by atoms with Gasteiger partial charge in [0.25, 0.3) is 0 Å². The molecule has 0 N–H and O–H groups in total. The molecule has 0 aliphatic carbocycles. The zero-order valence-electron chi connectivity index (χ0n) is 17.9. The monoisotopic (exact) mass is 404 g/mol. The first-order chi connectivity index (χ1) is 13.7. The molecule has 0 saturated carbocycles. The summed E-state index contributed by atoms with van der Waals surface area (Å²) in [5.74, 6) is 2.54. The molecule has 0 spiro atoms. The number of hydrogen-bond acceptors (Lipinski definition) is 2. The average molecular weight is 405 g/mol. The molecule has 2 atom stereocenters. The highest BCUT2D eigenvalue weighted by Gasteiger charge is 2.11. The van der Waals surface area contributed by atoms with Gasteiger partial charge in [0.15, 0.2) is 0 Å². The van der Waals surface area contributed by atoms with Gasteiger partial charge in [0.1, 0.15) is 11.5 Å². The second-order valence-electron chi connectivity index (χ2n) is 7.68. The van der Waals surface area contributed by atoms with Crippen molar-refractivity contribution in [2.45, 2.75) is 77.5 Å². The Morgan fingerprint density at radius 2 is 1.46 bits per heavy atom. The van der Waals surface area contributed by atoms with Crippen LogP contribution in [0, 0.1) is 5.92 Å². The third-order valence-corrected chi connectivity index (χ3v) is 6.00. The molecule has 2 rings (SSSR count). The van der Waals surface area contributed by atoms with Crippen LogP contribution in [0.25, 0.3) is 10.8 Å². The van der Waals surface area contributed by atoms with Gasteiger partial charge in [0, 0.05) is 16.1 Å². The molecule has 0 aliphatic rings. The number of rotatable bonds is 14. The minimum absolute atomic E-state index is 0.293. The highest BCUT2D eigenvalue weighted by atomic mass is 35.5. The van der Waals surface area contributed by atoms with Crippen molar-refractivity contribution in [3.63, 3.8) is 0 Å². The normalized spacial score (nSPS) is 13.4. The standard InChI is InChI=1S/C25H37ClO2/c1-4-7-12-20(5-2)19-28-25-17-16-24(22-14-8-9-15-23(22)25)27-18-11-10-13-21(26)6-3/h8-9,14-17,20-21H,4-7,10-13,18-19H2,1-3H3. The largest absolute Gasteiger partial charge is 0.493 e. The van der Waals surface area contributed by atoms with Gasteiger partial charge in [-0.3, -0.25) is 0 Å². The quantitative estimate of drug-likeness (QED) is 0.234. The van der Waals surface area contributed by atoms with E-state index in [2.05, 4.69) is 57.2 Å². The van der Waals surface area contributed by atoms with E-state index < -0.39 is 0 Å². The average Bonchev–Trinajstić information content (AvgIpc) is 2.74. The second kappa shape index (κ2) is 12.9. The molecule has 0 fully saturated rings. The van der Waals surface area contributed by atoms with Crippen LogP contribution in [-0.4, -0.2) is 18.6 Å². The summed E-state index contributed by atoms with van der Waals surface area (Å²) in [7, 11) is 0. The van der Waals surface area contributed by atoms with Gasteiger partial charge in [0.2, 0.25) is 0 Å². The van der Waals surface area contributed by atoms with Crippen LogP contribution in [-0.2, 0) is 0 Å². The molecular weight excluding hydrogens is 368 g/mol. The number of hydrogen-bond donors (Lipinski definition) is 0. The second-order valence-corrected chi connectivity index (χ2v) is 8.30. The molecule has 0 saturated heterocycles. The molecule has 2 unspecified atom stereocenters. The van der Waals surface area contributed by atoms with Gasteiger partial charge >= 0.3 is 0 Å². The first-order valence-corrected chi connectivity index (χ1v) is 11.5. The van der Waals surface area contributed by atoms with Gasteiger partial charge < -0.3 is 9.47 Å². The summed E-state index contributed by atoms with van der Waals surface area (Å²) < 4.78 is 12.3. The van der Waals surface area contributed by atoms with E-state index in [0.717, 1.165) is 61.2 Å². The molecule has 156 valence electrons. The first-order valence-electron chi connectivity index (χ1n) is 11.1. The fourth-order valence-electron chi connectivity index (χ4n) is 3.46. The zero-order chi connectivity index (χ0) is 20.2. The van der Waals surface area contributed by atoms with E-state index in [9.17, 15) is 0 Å². The summed E-state index contributed by atoms with van der Waals surface area (Å²) in [5, 5.41) is 2.56. The Labute approximate surface area is 176 Å². The van der Waals surface area contributed by atoms with Gasteiger partial charge in [0.05, 0.1) is 13.2 Å². The fraction of sp³-hybridized carbons (Fsp3) is 0.600. The van der Waals surface area contributed by atoms with Crippen LogP contribution in [0.3, 0.4) is 0 Å². The maximum Gasteiger partial charge on any atom is 0.127 e. The lowest BCUT2D eigenvalue weighted by atomic mass is 10.0. The lowest BCUT2D eigenvalue weighted by molar-refractivity contribution is 0.235. The summed E-state index contributed by atoms with van der Waals surface area (Å²) >= 11 is 6.19. The Balaban J connectivity index is 1.97. The summed E-state index contributed by atoms with van der Waals surface area (Å²) in [6.45, 7) is 8.16. The van der Waals surface area contributed by atoms with E-state index in [-0.39, 0.29) is 0 Å². The predicted octanol–water partition coefficient (Wildman–Crippen LogP) is 8.00. The van der Waals surface area contributed by atoms with Gasteiger partial charge in [-0.1, -0.05) is 64.3 Å². The smallest absolute Gasteiger partial charge is 0.127 e. The van der Waals surface area contributed by atoms with Crippen LogP contribution in [0.15, 0.2) is 36.4 Å². The van der Waals surface area contributed by atoms with Crippen molar-refractivity contribution >= 4 is 22.4 Å². The van der Waals surface area contributed by atoms with Crippen LogP contribution in [0.5, 0.6) is 11.5 Å². The first kappa shape index (κ1) is 22.9. The van der Waals surface area contributed by atoms with E-state index in [1.54, 1.807) is 0 Å².